The van der Waals surface area contributed by atoms with Gasteiger partial charge in [0.1, 0.15) is 10.7 Å². The molecule has 3 aromatic rings. The molecule has 152 valence electrons. The molecule has 5 nitrogen and oxygen atoms in total. The summed E-state index contributed by atoms with van der Waals surface area (Å²) >= 11 is 1.15. The maximum absolute atomic E-state index is 13.4. The number of para-hydroxylation sites is 1. The van der Waals surface area contributed by atoms with E-state index >= 15 is 0 Å². The first kappa shape index (κ1) is 21.3. The SMILES string of the molecule is Cc1cccc(/C=c2\s/c(=C(/C#N)C(=O)NC(C)C)n(-c3ccccc3C)c2=O)c1. The lowest BCUT2D eigenvalue weighted by atomic mass is 10.1. The minimum Gasteiger partial charge on any atom is -0.349 e. The van der Waals surface area contributed by atoms with E-state index in [1.165, 1.54) is 4.57 Å². The van der Waals surface area contributed by atoms with E-state index in [0.29, 0.717) is 14.9 Å². The van der Waals surface area contributed by atoms with Gasteiger partial charge >= 0.3 is 0 Å². The van der Waals surface area contributed by atoms with Crippen LogP contribution in [-0.4, -0.2) is 16.5 Å². The molecule has 6 heteroatoms. The standard InChI is InChI=1S/C24H23N3O2S/c1-15(2)26-22(28)19(14-25)24-27(20-11-6-5-9-17(20)4)23(29)21(30-24)13-18-10-7-8-16(3)12-18/h5-13,15H,1-4H3,(H,26,28)/b21-13-,24-19-. The maximum Gasteiger partial charge on any atom is 0.273 e. The third-order valence-electron chi connectivity index (χ3n) is 4.49. The summed E-state index contributed by atoms with van der Waals surface area (Å²) in [6.45, 7) is 7.54. The largest absolute Gasteiger partial charge is 0.349 e. The number of carbonyl (C=O) groups excluding carboxylic acids is 1. The molecule has 0 saturated carbocycles. The Morgan fingerprint density at radius 1 is 1.17 bits per heavy atom. The second-order valence-electron chi connectivity index (χ2n) is 7.37. The van der Waals surface area contributed by atoms with E-state index in [-0.39, 0.29) is 17.2 Å². The second-order valence-corrected chi connectivity index (χ2v) is 8.40. The minimum absolute atomic E-state index is 0.0713. The van der Waals surface area contributed by atoms with Crippen molar-refractivity contribution in [1.82, 2.24) is 9.88 Å². The smallest absolute Gasteiger partial charge is 0.273 e. The molecule has 1 heterocycles. The molecule has 0 radical (unpaired) electrons. The van der Waals surface area contributed by atoms with Crippen molar-refractivity contribution in [3.8, 4) is 11.8 Å². The quantitative estimate of drug-likeness (QED) is 0.709. The molecule has 0 spiro atoms. The lowest BCUT2D eigenvalue weighted by Crippen LogP contribution is -2.36. The van der Waals surface area contributed by atoms with E-state index in [1.807, 2.05) is 82.3 Å². The molecule has 0 fully saturated rings. The Labute approximate surface area is 179 Å². The summed E-state index contributed by atoms with van der Waals surface area (Å²) in [5.41, 5.74) is 3.18. The van der Waals surface area contributed by atoms with E-state index in [4.69, 9.17) is 0 Å². The molecule has 0 saturated heterocycles. The van der Waals surface area contributed by atoms with Crippen molar-refractivity contribution >= 4 is 28.9 Å². The van der Waals surface area contributed by atoms with Gasteiger partial charge in [-0.1, -0.05) is 48.0 Å². The van der Waals surface area contributed by atoms with E-state index in [0.717, 1.165) is 28.0 Å². The molecular weight excluding hydrogens is 394 g/mol. The van der Waals surface area contributed by atoms with Crippen molar-refractivity contribution in [3.63, 3.8) is 0 Å². The van der Waals surface area contributed by atoms with E-state index in [9.17, 15) is 14.9 Å². The van der Waals surface area contributed by atoms with Gasteiger partial charge in [0.2, 0.25) is 0 Å². The van der Waals surface area contributed by atoms with Crippen LogP contribution in [0.3, 0.4) is 0 Å². The van der Waals surface area contributed by atoms with E-state index in [2.05, 4.69) is 5.32 Å². The van der Waals surface area contributed by atoms with Crippen molar-refractivity contribution in [2.45, 2.75) is 33.7 Å². The number of amides is 1. The van der Waals surface area contributed by atoms with Gasteiger partial charge in [-0.15, -0.1) is 11.3 Å². The molecule has 30 heavy (non-hydrogen) atoms. The number of thiazole rings is 1. The summed E-state index contributed by atoms with van der Waals surface area (Å²) in [6.07, 6.45) is 1.80. The molecule has 0 aliphatic heterocycles. The van der Waals surface area contributed by atoms with Crippen LogP contribution in [0.2, 0.25) is 0 Å². The highest BCUT2D eigenvalue weighted by molar-refractivity contribution is 7.07. The minimum atomic E-state index is -0.488. The first-order valence-corrected chi connectivity index (χ1v) is 10.4. The molecule has 0 unspecified atom stereocenters. The molecular formula is C24H23N3O2S. The van der Waals surface area contributed by atoms with Crippen LogP contribution in [0.1, 0.15) is 30.5 Å². The lowest BCUT2D eigenvalue weighted by molar-refractivity contribution is -0.116. The summed E-state index contributed by atoms with van der Waals surface area (Å²) < 4.78 is 2.26. The Morgan fingerprint density at radius 2 is 1.90 bits per heavy atom. The zero-order chi connectivity index (χ0) is 21.8. The zero-order valence-electron chi connectivity index (χ0n) is 17.4. The monoisotopic (exact) mass is 417 g/mol. The average molecular weight is 418 g/mol. The van der Waals surface area contributed by atoms with Gasteiger partial charge in [0.05, 0.1) is 10.2 Å². The number of aromatic nitrogens is 1. The molecule has 0 aliphatic carbocycles. The normalized spacial score (nSPS) is 12.6. The van der Waals surface area contributed by atoms with Gasteiger partial charge in [0, 0.05) is 6.04 Å². The summed E-state index contributed by atoms with van der Waals surface area (Å²) in [5.74, 6) is -0.488. The van der Waals surface area contributed by atoms with Crippen LogP contribution in [0.4, 0.5) is 0 Å². The highest BCUT2D eigenvalue weighted by Gasteiger charge is 2.18. The molecule has 0 bridgehead atoms. The van der Waals surface area contributed by atoms with Gasteiger partial charge in [-0.3, -0.25) is 14.2 Å². The van der Waals surface area contributed by atoms with Gasteiger partial charge in [-0.2, -0.15) is 5.26 Å². The van der Waals surface area contributed by atoms with Crippen LogP contribution in [0.15, 0.2) is 53.3 Å². The number of carbonyl (C=O) groups is 1. The summed E-state index contributed by atoms with van der Waals surface area (Å²) in [4.78, 5) is 26.1. The van der Waals surface area contributed by atoms with Gasteiger partial charge in [-0.25, -0.2) is 0 Å². The van der Waals surface area contributed by atoms with Crippen LogP contribution in [-0.2, 0) is 4.79 Å². The van der Waals surface area contributed by atoms with Gasteiger partial charge < -0.3 is 5.32 Å². The van der Waals surface area contributed by atoms with Crippen LogP contribution in [0.25, 0.3) is 17.3 Å². The van der Waals surface area contributed by atoms with E-state index < -0.39 is 5.91 Å². The maximum atomic E-state index is 13.4. The topological polar surface area (TPSA) is 74.9 Å². The first-order chi connectivity index (χ1) is 14.3. The first-order valence-electron chi connectivity index (χ1n) is 9.63. The van der Waals surface area contributed by atoms with Crippen LogP contribution < -0.4 is 20.1 Å². The fourth-order valence-electron chi connectivity index (χ4n) is 3.12. The highest BCUT2D eigenvalue weighted by Crippen LogP contribution is 2.10. The fourth-order valence-corrected chi connectivity index (χ4v) is 4.22. The van der Waals surface area contributed by atoms with Crippen molar-refractivity contribution < 1.29 is 4.79 Å². The van der Waals surface area contributed by atoms with Crippen molar-refractivity contribution in [2.75, 3.05) is 0 Å². The van der Waals surface area contributed by atoms with Crippen molar-refractivity contribution in [3.05, 3.63) is 84.8 Å². The Kier molecular flexibility index (Phi) is 6.34. The Hall–Kier alpha value is -3.43. The number of nitrogens with one attached hydrogen (secondary N) is 1. The van der Waals surface area contributed by atoms with Gasteiger partial charge in [0.25, 0.3) is 11.5 Å². The van der Waals surface area contributed by atoms with Crippen LogP contribution >= 0.6 is 11.3 Å². The molecule has 1 aromatic heterocycles. The highest BCUT2D eigenvalue weighted by atomic mass is 32.1. The molecule has 3 rings (SSSR count). The number of nitrogens with zero attached hydrogens (tertiary/aromatic N) is 2. The Bertz CT molecular complexity index is 1320. The summed E-state index contributed by atoms with van der Waals surface area (Å²) in [6, 6.07) is 17.1. The number of benzene rings is 2. The predicted molar refractivity (Wildman–Crippen MR) is 121 cm³/mol. The van der Waals surface area contributed by atoms with Crippen LogP contribution in [0, 0.1) is 25.2 Å². The molecule has 0 atom stereocenters. The third kappa shape index (κ3) is 4.42. The molecule has 0 aliphatic rings. The van der Waals surface area contributed by atoms with Crippen LogP contribution in [0.5, 0.6) is 0 Å². The zero-order valence-corrected chi connectivity index (χ0v) is 18.2. The lowest BCUT2D eigenvalue weighted by Gasteiger charge is -2.09. The number of nitriles is 1. The van der Waals surface area contributed by atoms with E-state index in [1.54, 1.807) is 6.08 Å². The Balaban J connectivity index is 2.41. The number of hydrogen-bond acceptors (Lipinski definition) is 4. The van der Waals surface area contributed by atoms with Crippen molar-refractivity contribution in [2.24, 2.45) is 0 Å². The molecule has 1 N–H and O–H groups in total. The fraction of sp³-hybridized carbons (Fsp3) is 0.208. The average Bonchev–Trinajstić information content (AvgIpc) is 2.98. The van der Waals surface area contributed by atoms with Gasteiger partial charge in [0.15, 0.2) is 5.57 Å². The van der Waals surface area contributed by atoms with Crippen molar-refractivity contribution in [1.29, 1.82) is 5.26 Å². The molecule has 2 aromatic carbocycles. The predicted octanol–water partition coefficient (Wildman–Crippen LogP) is 2.54. The number of hydrogen-bond donors (Lipinski definition) is 1. The van der Waals surface area contributed by atoms with Gasteiger partial charge in [-0.05, 0) is 51.0 Å². The summed E-state index contributed by atoms with van der Waals surface area (Å²) in [5, 5.41) is 12.5. The summed E-state index contributed by atoms with van der Waals surface area (Å²) in [7, 11) is 0. The third-order valence-corrected chi connectivity index (χ3v) is 5.58. The number of aryl methyl sites for hydroxylation is 2. The molecule has 1 amide bonds. The number of rotatable bonds is 4. The second kappa shape index (κ2) is 8.93. The Morgan fingerprint density at radius 3 is 2.53 bits per heavy atom.